The number of hydrogen-bond donors (Lipinski definition) is 0. The number of nitrogens with zero attached hydrogens (tertiary/aromatic N) is 2. The lowest BCUT2D eigenvalue weighted by Gasteiger charge is -2.31. The van der Waals surface area contributed by atoms with E-state index in [1.165, 1.54) is 44.8 Å². The number of rotatable bonds is 6. The molecule has 1 aliphatic heterocycles. The topological polar surface area (TPSA) is 6.48 Å². The van der Waals surface area contributed by atoms with Crippen molar-refractivity contribution >= 4 is 11.4 Å². The molecule has 2 atom stereocenters. The van der Waals surface area contributed by atoms with Crippen LogP contribution in [-0.4, -0.2) is 18.8 Å². The summed E-state index contributed by atoms with van der Waals surface area (Å²) in [5.74, 6) is 0. The third-order valence-electron chi connectivity index (χ3n) is 6.21. The van der Waals surface area contributed by atoms with Crippen LogP contribution in [0, 0.1) is 41.5 Å². The van der Waals surface area contributed by atoms with Gasteiger partial charge in [0.2, 0.25) is 0 Å². The molecular weight excluding hydrogens is 352 g/mol. The second-order valence-corrected chi connectivity index (χ2v) is 8.76. The highest BCUT2D eigenvalue weighted by atomic mass is 15.4. The van der Waals surface area contributed by atoms with E-state index in [2.05, 4.69) is 101 Å². The predicted molar refractivity (Wildman–Crippen MR) is 128 cm³/mol. The van der Waals surface area contributed by atoms with Gasteiger partial charge in [-0.3, -0.25) is 0 Å². The molecule has 0 saturated carbocycles. The average molecular weight is 389 g/mol. The van der Waals surface area contributed by atoms with E-state index < -0.39 is 0 Å². The van der Waals surface area contributed by atoms with Gasteiger partial charge < -0.3 is 9.80 Å². The van der Waals surface area contributed by atoms with Gasteiger partial charge in [0.15, 0.2) is 0 Å². The first-order chi connectivity index (χ1) is 13.8. The highest BCUT2D eigenvalue weighted by Gasteiger charge is 2.40. The van der Waals surface area contributed by atoms with E-state index in [4.69, 9.17) is 0 Å². The van der Waals surface area contributed by atoms with Crippen molar-refractivity contribution in [1.29, 1.82) is 0 Å². The lowest BCUT2D eigenvalue weighted by atomic mass is 9.96. The SMILES string of the molecule is C=CC[C@@H]1[C@H](CC=C)N(c2c(C)cc(C)cc2C)CN1c1c(C)cc(C)cc1C. The first kappa shape index (κ1) is 21.2. The molecule has 0 aromatic heterocycles. The molecule has 29 heavy (non-hydrogen) atoms. The standard InChI is InChI=1S/C27H36N2/c1-9-11-24-25(12-10-2)29(27-22(7)15-19(4)16-23(27)8)17-28(24)26-20(5)13-18(3)14-21(26)6/h9-10,13-16,24-25H,1-2,11-12,17H2,3-8H3/t24-,25+. The normalized spacial score (nSPS) is 19.0. The first-order valence-electron chi connectivity index (χ1n) is 10.7. The molecule has 2 aromatic carbocycles. The van der Waals surface area contributed by atoms with Crippen LogP contribution in [0.4, 0.5) is 11.4 Å². The molecule has 0 N–H and O–H groups in total. The number of aryl methyl sites for hydroxylation is 6. The molecule has 1 heterocycles. The van der Waals surface area contributed by atoms with E-state index >= 15 is 0 Å². The summed E-state index contributed by atoms with van der Waals surface area (Å²) in [5.41, 5.74) is 10.8. The van der Waals surface area contributed by atoms with Crippen molar-refractivity contribution < 1.29 is 0 Å². The first-order valence-corrected chi connectivity index (χ1v) is 10.7. The Morgan fingerprint density at radius 2 is 1.00 bits per heavy atom. The Kier molecular flexibility index (Phi) is 6.21. The highest BCUT2D eigenvalue weighted by molar-refractivity contribution is 5.68. The van der Waals surface area contributed by atoms with E-state index in [0.717, 1.165) is 19.5 Å². The number of benzene rings is 2. The average Bonchev–Trinajstić information content (AvgIpc) is 2.92. The molecular formula is C27H36N2. The van der Waals surface area contributed by atoms with E-state index in [0.29, 0.717) is 12.1 Å². The highest BCUT2D eigenvalue weighted by Crippen LogP contribution is 2.40. The number of hydrogen-bond acceptors (Lipinski definition) is 2. The van der Waals surface area contributed by atoms with Crippen molar-refractivity contribution in [1.82, 2.24) is 0 Å². The van der Waals surface area contributed by atoms with Crippen LogP contribution < -0.4 is 9.80 Å². The third-order valence-corrected chi connectivity index (χ3v) is 6.21. The van der Waals surface area contributed by atoms with Gasteiger partial charge in [0, 0.05) is 11.4 Å². The summed E-state index contributed by atoms with van der Waals surface area (Å²) in [5, 5.41) is 0. The molecule has 2 nitrogen and oxygen atoms in total. The smallest absolute Gasteiger partial charge is 0.0911 e. The maximum absolute atomic E-state index is 4.08. The van der Waals surface area contributed by atoms with E-state index in [-0.39, 0.29) is 0 Å². The van der Waals surface area contributed by atoms with Crippen LogP contribution >= 0.6 is 0 Å². The van der Waals surface area contributed by atoms with Crippen molar-refractivity contribution in [2.75, 3.05) is 16.5 Å². The Balaban J connectivity index is 2.15. The van der Waals surface area contributed by atoms with Gasteiger partial charge in [-0.05, 0) is 76.6 Å². The lowest BCUT2D eigenvalue weighted by Crippen LogP contribution is -2.37. The van der Waals surface area contributed by atoms with Gasteiger partial charge in [0.05, 0.1) is 18.8 Å². The second kappa shape index (κ2) is 8.49. The second-order valence-electron chi connectivity index (χ2n) is 8.76. The zero-order chi connectivity index (χ0) is 21.3. The Morgan fingerprint density at radius 3 is 1.28 bits per heavy atom. The molecule has 0 amide bonds. The van der Waals surface area contributed by atoms with Crippen LogP contribution in [0.25, 0.3) is 0 Å². The van der Waals surface area contributed by atoms with E-state index in [1.54, 1.807) is 0 Å². The summed E-state index contributed by atoms with van der Waals surface area (Å²) >= 11 is 0. The predicted octanol–water partition coefficient (Wildman–Crippen LogP) is 6.71. The van der Waals surface area contributed by atoms with Crippen LogP contribution in [0.2, 0.25) is 0 Å². The molecule has 0 radical (unpaired) electrons. The van der Waals surface area contributed by atoms with E-state index in [1.807, 2.05) is 0 Å². The molecule has 2 aromatic rings. The molecule has 0 bridgehead atoms. The zero-order valence-electron chi connectivity index (χ0n) is 19.0. The van der Waals surface area contributed by atoms with E-state index in [9.17, 15) is 0 Å². The Labute approximate surface area is 177 Å². The van der Waals surface area contributed by atoms with Gasteiger partial charge in [-0.1, -0.05) is 47.5 Å². The van der Waals surface area contributed by atoms with Gasteiger partial charge in [-0.15, -0.1) is 13.2 Å². The van der Waals surface area contributed by atoms with Crippen molar-refractivity contribution in [2.24, 2.45) is 0 Å². The largest absolute Gasteiger partial charge is 0.348 e. The minimum atomic E-state index is 0.380. The maximum atomic E-state index is 4.08. The van der Waals surface area contributed by atoms with Crippen LogP contribution in [0.5, 0.6) is 0 Å². The van der Waals surface area contributed by atoms with Crippen LogP contribution in [0.1, 0.15) is 46.2 Å². The summed E-state index contributed by atoms with van der Waals surface area (Å²) in [6.07, 6.45) is 6.08. The lowest BCUT2D eigenvalue weighted by molar-refractivity contribution is 0.570. The number of anilines is 2. The Morgan fingerprint density at radius 1 is 0.690 bits per heavy atom. The molecule has 0 aliphatic carbocycles. The van der Waals surface area contributed by atoms with Crippen molar-refractivity contribution in [3.63, 3.8) is 0 Å². The summed E-state index contributed by atoms with van der Waals surface area (Å²) in [6.45, 7) is 22.4. The van der Waals surface area contributed by atoms with Gasteiger partial charge in [0.1, 0.15) is 0 Å². The molecule has 1 fully saturated rings. The van der Waals surface area contributed by atoms with Crippen LogP contribution in [-0.2, 0) is 0 Å². The molecule has 0 unspecified atom stereocenters. The summed E-state index contributed by atoms with van der Waals surface area (Å²) in [4.78, 5) is 5.22. The molecule has 0 spiro atoms. The van der Waals surface area contributed by atoms with Gasteiger partial charge >= 0.3 is 0 Å². The molecule has 1 saturated heterocycles. The minimum Gasteiger partial charge on any atom is -0.348 e. The van der Waals surface area contributed by atoms with Crippen LogP contribution in [0.15, 0.2) is 49.6 Å². The summed E-state index contributed by atoms with van der Waals surface area (Å²) in [6, 6.07) is 9.99. The van der Waals surface area contributed by atoms with Gasteiger partial charge in [0.25, 0.3) is 0 Å². The van der Waals surface area contributed by atoms with Crippen molar-refractivity contribution in [3.8, 4) is 0 Å². The maximum Gasteiger partial charge on any atom is 0.0911 e. The zero-order valence-corrected chi connectivity index (χ0v) is 19.0. The monoisotopic (exact) mass is 388 g/mol. The van der Waals surface area contributed by atoms with Crippen LogP contribution in [0.3, 0.4) is 0 Å². The fourth-order valence-electron chi connectivity index (χ4n) is 5.42. The van der Waals surface area contributed by atoms with Crippen molar-refractivity contribution in [2.45, 2.75) is 66.5 Å². The molecule has 3 rings (SSSR count). The van der Waals surface area contributed by atoms with Crippen molar-refractivity contribution in [3.05, 3.63) is 83.0 Å². The molecule has 1 aliphatic rings. The molecule has 154 valence electrons. The Hall–Kier alpha value is -2.48. The quantitative estimate of drug-likeness (QED) is 0.507. The third kappa shape index (κ3) is 3.99. The van der Waals surface area contributed by atoms with Gasteiger partial charge in [-0.2, -0.15) is 0 Å². The minimum absolute atomic E-state index is 0.380. The molecule has 2 heteroatoms. The fourth-order valence-corrected chi connectivity index (χ4v) is 5.42. The Bertz CT molecular complexity index is 803. The fraction of sp³-hybridized carbons (Fsp3) is 0.407. The van der Waals surface area contributed by atoms with Gasteiger partial charge in [-0.25, -0.2) is 0 Å². The summed E-state index contributed by atoms with van der Waals surface area (Å²) in [7, 11) is 0. The summed E-state index contributed by atoms with van der Waals surface area (Å²) < 4.78 is 0.